The van der Waals surface area contributed by atoms with Crippen LogP contribution in [-0.2, 0) is 9.53 Å². The summed E-state index contributed by atoms with van der Waals surface area (Å²) in [6.45, 7) is 1.65. The van der Waals surface area contributed by atoms with Gasteiger partial charge in [-0.15, -0.1) is 0 Å². The Morgan fingerprint density at radius 1 is 1.39 bits per heavy atom. The van der Waals surface area contributed by atoms with Gasteiger partial charge in [0.25, 0.3) is 5.91 Å². The second-order valence-corrected chi connectivity index (χ2v) is 5.77. The fourth-order valence-corrected chi connectivity index (χ4v) is 3.03. The number of methoxy groups -OCH3 is 1. The van der Waals surface area contributed by atoms with Gasteiger partial charge in [-0.3, -0.25) is 4.79 Å². The summed E-state index contributed by atoms with van der Waals surface area (Å²) in [5.74, 6) is 0.114. The maximum absolute atomic E-state index is 12.7. The molecule has 0 radical (unpaired) electrons. The van der Waals surface area contributed by atoms with Gasteiger partial charge in [0.15, 0.2) is 5.72 Å². The summed E-state index contributed by atoms with van der Waals surface area (Å²) in [6.07, 6.45) is 4.47. The molecule has 0 saturated carbocycles. The third kappa shape index (κ3) is 2.82. The number of amides is 1. The van der Waals surface area contributed by atoms with Crippen LogP contribution < -0.4 is 10.1 Å². The predicted octanol–water partition coefficient (Wildman–Crippen LogP) is 1.42. The zero-order valence-electron chi connectivity index (χ0n) is 13.3. The van der Waals surface area contributed by atoms with Crippen molar-refractivity contribution in [2.24, 2.45) is 0 Å². The van der Waals surface area contributed by atoms with Crippen molar-refractivity contribution in [2.75, 3.05) is 27.2 Å². The van der Waals surface area contributed by atoms with Crippen LogP contribution in [0.15, 0.2) is 24.3 Å². The van der Waals surface area contributed by atoms with Crippen LogP contribution in [0.1, 0.15) is 28.8 Å². The zero-order chi connectivity index (χ0) is 16.4. The first-order valence-electron chi connectivity index (χ1n) is 7.64. The number of ether oxygens (including phenoxy) is 2. The molecule has 2 aliphatic rings. The Bertz CT molecular complexity index is 663. The van der Waals surface area contributed by atoms with Crippen molar-refractivity contribution in [3.63, 3.8) is 0 Å². The highest BCUT2D eigenvalue weighted by molar-refractivity contribution is 5.99. The number of piperidine rings is 1. The molecule has 1 aromatic carbocycles. The molecule has 122 valence electrons. The molecule has 23 heavy (non-hydrogen) atoms. The maximum Gasteiger partial charge on any atom is 0.330 e. The summed E-state index contributed by atoms with van der Waals surface area (Å²) in [7, 11) is 3.11. The van der Waals surface area contributed by atoms with E-state index in [1.54, 1.807) is 30.2 Å². The van der Waals surface area contributed by atoms with E-state index in [2.05, 4.69) is 10.1 Å². The molecule has 6 nitrogen and oxygen atoms in total. The topological polar surface area (TPSA) is 67.9 Å². The molecule has 3 rings (SSSR count). The van der Waals surface area contributed by atoms with E-state index in [4.69, 9.17) is 4.74 Å². The van der Waals surface area contributed by atoms with Gasteiger partial charge in [-0.25, -0.2) is 4.79 Å². The lowest BCUT2D eigenvalue weighted by Crippen LogP contribution is -2.61. The van der Waals surface area contributed by atoms with Crippen LogP contribution in [0.4, 0.5) is 0 Å². The lowest BCUT2D eigenvalue weighted by atomic mass is 9.95. The number of nitrogens with zero attached hydrogens (tertiary/aromatic N) is 1. The Hall–Kier alpha value is -2.34. The van der Waals surface area contributed by atoms with E-state index < -0.39 is 11.7 Å². The Labute approximate surface area is 135 Å². The molecule has 1 saturated heterocycles. The highest BCUT2D eigenvalue weighted by Crippen LogP contribution is 2.37. The van der Waals surface area contributed by atoms with E-state index in [9.17, 15) is 9.59 Å². The third-order valence-corrected chi connectivity index (χ3v) is 4.45. The second-order valence-electron chi connectivity index (χ2n) is 5.77. The summed E-state index contributed by atoms with van der Waals surface area (Å²) in [5.41, 5.74) is 0.711. The predicted molar refractivity (Wildman–Crippen MR) is 85.0 cm³/mol. The van der Waals surface area contributed by atoms with Crippen molar-refractivity contribution < 1.29 is 19.1 Å². The van der Waals surface area contributed by atoms with Crippen LogP contribution in [0.5, 0.6) is 5.75 Å². The minimum atomic E-state index is -0.557. The highest BCUT2D eigenvalue weighted by Gasteiger charge is 2.45. The molecule has 1 spiro atoms. The first-order chi connectivity index (χ1) is 11.1. The molecule has 2 heterocycles. The van der Waals surface area contributed by atoms with Gasteiger partial charge in [0.1, 0.15) is 5.75 Å². The Morgan fingerprint density at radius 3 is 2.83 bits per heavy atom. The zero-order valence-corrected chi connectivity index (χ0v) is 13.3. The second kappa shape index (κ2) is 6.04. The van der Waals surface area contributed by atoms with E-state index in [1.165, 1.54) is 13.2 Å². The van der Waals surface area contributed by atoms with Gasteiger partial charge in [-0.05, 0) is 23.8 Å². The van der Waals surface area contributed by atoms with Crippen molar-refractivity contribution in [1.29, 1.82) is 0 Å². The number of carbonyl (C=O) groups excluding carboxylic acids is 2. The van der Waals surface area contributed by atoms with Crippen molar-refractivity contribution in [1.82, 2.24) is 10.2 Å². The van der Waals surface area contributed by atoms with Gasteiger partial charge in [0, 0.05) is 39.1 Å². The monoisotopic (exact) mass is 316 g/mol. The first kappa shape index (κ1) is 15.6. The van der Waals surface area contributed by atoms with E-state index in [0.29, 0.717) is 11.3 Å². The summed E-state index contributed by atoms with van der Waals surface area (Å²) >= 11 is 0. The van der Waals surface area contributed by atoms with Crippen LogP contribution in [0.2, 0.25) is 0 Å². The Balaban J connectivity index is 1.91. The van der Waals surface area contributed by atoms with Gasteiger partial charge < -0.3 is 19.7 Å². The molecule has 0 atom stereocenters. The SMILES string of the molecule is COC(=O)C=Cc1ccc2c(c1)C(=O)N(C)C1(CCNCC1)O2. The summed E-state index contributed by atoms with van der Waals surface area (Å²) < 4.78 is 10.8. The number of fused-ring (bicyclic) bond motifs is 1. The lowest BCUT2D eigenvalue weighted by molar-refractivity contribution is -0.134. The first-order valence-corrected chi connectivity index (χ1v) is 7.64. The average molecular weight is 316 g/mol. The van der Waals surface area contributed by atoms with E-state index >= 15 is 0 Å². The number of carbonyl (C=O) groups is 2. The molecular weight excluding hydrogens is 296 g/mol. The molecule has 1 aromatic rings. The van der Waals surface area contributed by atoms with Gasteiger partial charge in [0.05, 0.1) is 12.7 Å². The number of esters is 1. The third-order valence-electron chi connectivity index (χ3n) is 4.45. The Morgan fingerprint density at radius 2 is 2.13 bits per heavy atom. The molecule has 1 N–H and O–H groups in total. The lowest BCUT2D eigenvalue weighted by Gasteiger charge is -2.47. The Kier molecular flexibility index (Phi) is 4.09. The van der Waals surface area contributed by atoms with Gasteiger partial charge in [0.2, 0.25) is 0 Å². The van der Waals surface area contributed by atoms with Gasteiger partial charge in [-0.1, -0.05) is 6.07 Å². The molecule has 1 fully saturated rings. The standard InChI is InChI=1S/C17H20N2O4/c1-19-16(21)13-11-12(4-6-15(20)22-2)3-5-14(13)23-17(19)7-9-18-10-8-17/h3-6,11,18H,7-10H2,1-2H3. The minimum absolute atomic E-state index is 0.0542. The van der Waals surface area contributed by atoms with Crippen LogP contribution >= 0.6 is 0 Å². The quantitative estimate of drug-likeness (QED) is 0.660. The van der Waals surface area contributed by atoms with Gasteiger partial charge >= 0.3 is 5.97 Å². The molecule has 0 aromatic heterocycles. The normalized spacial score (nSPS) is 19.6. The fourth-order valence-electron chi connectivity index (χ4n) is 3.03. The highest BCUT2D eigenvalue weighted by atomic mass is 16.5. The number of hydrogen-bond donors (Lipinski definition) is 1. The molecule has 6 heteroatoms. The summed E-state index contributed by atoms with van der Waals surface area (Å²) in [5, 5.41) is 3.29. The largest absolute Gasteiger partial charge is 0.467 e. The van der Waals surface area contributed by atoms with Crippen molar-refractivity contribution in [3.05, 3.63) is 35.4 Å². The van der Waals surface area contributed by atoms with Crippen LogP contribution in [0.3, 0.4) is 0 Å². The minimum Gasteiger partial charge on any atom is -0.467 e. The van der Waals surface area contributed by atoms with Crippen LogP contribution in [0, 0.1) is 0 Å². The van der Waals surface area contributed by atoms with Crippen molar-refractivity contribution >= 4 is 18.0 Å². The molecule has 0 bridgehead atoms. The average Bonchev–Trinajstić information content (AvgIpc) is 2.59. The number of nitrogens with one attached hydrogen (secondary N) is 1. The summed E-state index contributed by atoms with van der Waals surface area (Å²) in [6, 6.07) is 5.36. The number of benzene rings is 1. The number of hydrogen-bond acceptors (Lipinski definition) is 5. The molecule has 2 aliphatic heterocycles. The van der Waals surface area contributed by atoms with Crippen LogP contribution in [0.25, 0.3) is 6.08 Å². The van der Waals surface area contributed by atoms with Crippen molar-refractivity contribution in [2.45, 2.75) is 18.6 Å². The molecule has 0 aliphatic carbocycles. The molecule has 1 amide bonds. The fraction of sp³-hybridized carbons (Fsp3) is 0.412. The van der Waals surface area contributed by atoms with Crippen LogP contribution in [-0.4, -0.2) is 49.7 Å². The number of rotatable bonds is 2. The maximum atomic E-state index is 12.7. The van der Waals surface area contributed by atoms with E-state index in [-0.39, 0.29) is 5.91 Å². The van der Waals surface area contributed by atoms with Gasteiger partial charge in [-0.2, -0.15) is 0 Å². The van der Waals surface area contributed by atoms with E-state index in [0.717, 1.165) is 31.5 Å². The van der Waals surface area contributed by atoms with E-state index in [1.807, 2.05) is 6.07 Å². The summed E-state index contributed by atoms with van der Waals surface area (Å²) in [4.78, 5) is 25.6. The smallest absolute Gasteiger partial charge is 0.330 e. The molecular formula is C17H20N2O4. The molecule has 0 unspecified atom stereocenters. The van der Waals surface area contributed by atoms with Crippen molar-refractivity contribution in [3.8, 4) is 5.75 Å².